The van der Waals surface area contributed by atoms with Crippen LogP contribution in [0.5, 0.6) is 5.88 Å². The lowest BCUT2D eigenvalue weighted by molar-refractivity contribution is -0.141. The molecule has 0 radical (unpaired) electrons. The van der Waals surface area contributed by atoms with E-state index in [1.54, 1.807) is 0 Å². The average molecular weight is 290 g/mol. The van der Waals surface area contributed by atoms with Crippen molar-refractivity contribution in [1.82, 2.24) is 9.97 Å². The van der Waals surface area contributed by atoms with Crippen molar-refractivity contribution >= 4 is 5.95 Å². The van der Waals surface area contributed by atoms with Gasteiger partial charge in [-0.3, -0.25) is 5.43 Å². The van der Waals surface area contributed by atoms with Gasteiger partial charge in [0.25, 0.3) is 0 Å². The molecule has 5 nitrogen and oxygen atoms in total. The Morgan fingerprint density at radius 3 is 2.35 bits per heavy atom. The molecule has 1 fully saturated rings. The van der Waals surface area contributed by atoms with Crippen molar-refractivity contribution < 1.29 is 17.9 Å². The Bertz CT molecular complexity index is 445. The van der Waals surface area contributed by atoms with Crippen LogP contribution < -0.4 is 16.0 Å². The van der Waals surface area contributed by atoms with Crippen molar-refractivity contribution in [2.45, 2.75) is 50.8 Å². The van der Waals surface area contributed by atoms with Crippen LogP contribution in [0.2, 0.25) is 0 Å². The van der Waals surface area contributed by atoms with E-state index in [0.29, 0.717) is 0 Å². The zero-order valence-corrected chi connectivity index (χ0v) is 10.9. The van der Waals surface area contributed by atoms with Gasteiger partial charge >= 0.3 is 6.18 Å². The number of rotatable bonds is 3. The number of anilines is 1. The molecule has 1 aliphatic carbocycles. The van der Waals surface area contributed by atoms with Crippen LogP contribution in [-0.2, 0) is 6.18 Å². The molecule has 0 aliphatic heterocycles. The van der Waals surface area contributed by atoms with Crippen LogP contribution in [0.4, 0.5) is 19.1 Å². The number of nitrogen functional groups attached to an aromatic ring is 1. The normalized spacial score (nSPS) is 17.6. The molecule has 0 amide bonds. The Balaban J connectivity index is 2.17. The van der Waals surface area contributed by atoms with Crippen molar-refractivity contribution in [2.24, 2.45) is 5.84 Å². The molecule has 3 N–H and O–H groups in total. The molecular formula is C12H17F3N4O. The average Bonchev–Trinajstić information content (AvgIpc) is 2.66. The van der Waals surface area contributed by atoms with Crippen molar-refractivity contribution in [3.8, 4) is 5.88 Å². The first kappa shape index (κ1) is 14.8. The second kappa shape index (κ2) is 6.25. The first-order valence-electron chi connectivity index (χ1n) is 6.58. The largest absolute Gasteiger partial charge is 0.474 e. The molecule has 8 heteroatoms. The van der Waals surface area contributed by atoms with Crippen molar-refractivity contribution in [1.29, 1.82) is 0 Å². The molecule has 2 rings (SSSR count). The zero-order chi connectivity index (χ0) is 14.6. The SMILES string of the molecule is NNc1nc(OC2CCCCCC2)cc(C(F)(F)F)n1. The lowest BCUT2D eigenvalue weighted by Gasteiger charge is -2.17. The summed E-state index contributed by atoms with van der Waals surface area (Å²) in [6.45, 7) is 0. The molecule has 0 aromatic carbocycles. The molecule has 112 valence electrons. The maximum atomic E-state index is 12.7. The molecule has 1 saturated carbocycles. The molecule has 0 unspecified atom stereocenters. The molecule has 0 bridgehead atoms. The Morgan fingerprint density at radius 2 is 1.80 bits per heavy atom. The number of halogens is 3. The van der Waals surface area contributed by atoms with Crippen LogP contribution in [-0.4, -0.2) is 16.1 Å². The van der Waals surface area contributed by atoms with Gasteiger partial charge in [0.2, 0.25) is 11.8 Å². The summed E-state index contributed by atoms with van der Waals surface area (Å²) >= 11 is 0. The lowest BCUT2D eigenvalue weighted by Crippen LogP contribution is -2.19. The van der Waals surface area contributed by atoms with Gasteiger partial charge in [-0.15, -0.1) is 0 Å². The topological polar surface area (TPSA) is 73.1 Å². The number of hydrogen-bond donors (Lipinski definition) is 2. The quantitative estimate of drug-likeness (QED) is 0.509. The molecule has 0 atom stereocenters. The highest BCUT2D eigenvalue weighted by atomic mass is 19.4. The zero-order valence-electron chi connectivity index (χ0n) is 10.9. The van der Waals surface area contributed by atoms with Gasteiger partial charge in [0.15, 0.2) is 5.69 Å². The first-order chi connectivity index (χ1) is 9.49. The maximum absolute atomic E-state index is 12.7. The van der Waals surface area contributed by atoms with Crippen LogP contribution in [0.25, 0.3) is 0 Å². The predicted molar refractivity (Wildman–Crippen MR) is 67.0 cm³/mol. The fourth-order valence-electron chi connectivity index (χ4n) is 2.23. The Hall–Kier alpha value is -1.57. The summed E-state index contributed by atoms with van der Waals surface area (Å²) in [4.78, 5) is 7.10. The van der Waals surface area contributed by atoms with Gasteiger partial charge in [0.05, 0.1) is 0 Å². The minimum absolute atomic E-state index is 0.0906. The summed E-state index contributed by atoms with van der Waals surface area (Å²) in [5.74, 6) is 4.70. The summed E-state index contributed by atoms with van der Waals surface area (Å²) in [6, 6.07) is 0.811. The van der Waals surface area contributed by atoms with E-state index >= 15 is 0 Å². The second-order valence-corrected chi connectivity index (χ2v) is 4.79. The number of hydrazine groups is 1. The standard InChI is InChI=1S/C12H17F3N4O/c13-12(14,15)9-7-10(18-11(17-9)19-16)20-8-5-3-1-2-4-6-8/h7-8H,1-6,16H2,(H,17,18,19). The van der Waals surface area contributed by atoms with E-state index < -0.39 is 11.9 Å². The van der Waals surface area contributed by atoms with Gasteiger partial charge in [-0.25, -0.2) is 10.8 Å². The summed E-state index contributed by atoms with van der Waals surface area (Å²) < 4.78 is 43.7. The van der Waals surface area contributed by atoms with Gasteiger partial charge in [-0.1, -0.05) is 12.8 Å². The number of alkyl halides is 3. The van der Waals surface area contributed by atoms with Gasteiger partial charge in [0.1, 0.15) is 6.10 Å². The first-order valence-corrected chi connectivity index (χ1v) is 6.58. The fraction of sp³-hybridized carbons (Fsp3) is 0.667. The number of nitrogens with two attached hydrogens (primary N) is 1. The minimum atomic E-state index is -4.56. The minimum Gasteiger partial charge on any atom is -0.474 e. The summed E-state index contributed by atoms with van der Waals surface area (Å²) in [5, 5.41) is 0. The molecule has 0 saturated heterocycles. The van der Waals surface area contributed by atoms with Gasteiger partial charge < -0.3 is 4.74 Å². The summed E-state index contributed by atoms with van der Waals surface area (Å²) in [6.07, 6.45) is 1.30. The number of ether oxygens (including phenoxy) is 1. The van der Waals surface area contributed by atoms with Crippen LogP contribution in [0.1, 0.15) is 44.2 Å². The third-order valence-corrected chi connectivity index (χ3v) is 3.21. The van der Waals surface area contributed by atoms with E-state index in [4.69, 9.17) is 10.6 Å². The molecule has 1 heterocycles. The van der Waals surface area contributed by atoms with Gasteiger partial charge in [-0.2, -0.15) is 18.2 Å². The third kappa shape index (κ3) is 3.96. The summed E-state index contributed by atoms with van der Waals surface area (Å²) in [5.41, 5.74) is 0.962. The molecular weight excluding hydrogens is 273 g/mol. The lowest BCUT2D eigenvalue weighted by atomic mass is 10.1. The van der Waals surface area contributed by atoms with E-state index in [1.165, 1.54) is 0 Å². The van der Waals surface area contributed by atoms with E-state index in [9.17, 15) is 13.2 Å². The molecule has 0 spiro atoms. The highest BCUT2D eigenvalue weighted by Crippen LogP contribution is 2.31. The Kier molecular flexibility index (Phi) is 4.64. The fourth-order valence-corrected chi connectivity index (χ4v) is 2.23. The van der Waals surface area contributed by atoms with Gasteiger partial charge in [0, 0.05) is 6.07 Å². The monoisotopic (exact) mass is 290 g/mol. The highest BCUT2D eigenvalue weighted by Gasteiger charge is 2.34. The van der Waals surface area contributed by atoms with E-state index in [1.807, 2.05) is 5.43 Å². The Labute approximate surface area is 114 Å². The number of hydrogen-bond acceptors (Lipinski definition) is 5. The van der Waals surface area contributed by atoms with Crippen molar-refractivity contribution in [2.75, 3.05) is 5.43 Å². The number of nitrogens with one attached hydrogen (secondary N) is 1. The van der Waals surface area contributed by atoms with E-state index in [-0.39, 0.29) is 17.9 Å². The van der Waals surface area contributed by atoms with Crippen LogP contribution >= 0.6 is 0 Å². The molecule has 20 heavy (non-hydrogen) atoms. The highest BCUT2D eigenvalue weighted by molar-refractivity contribution is 5.30. The van der Waals surface area contributed by atoms with Crippen LogP contribution in [0.15, 0.2) is 6.07 Å². The number of nitrogens with zero attached hydrogens (tertiary/aromatic N) is 2. The second-order valence-electron chi connectivity index (χ2n) is 4.79. The van der Waals surface area contributed by atoms with Crippen LogP contribution in [0, 0.1) is 0 Å². The summed E-state index contributed by atoms with van der Waals surface area (Å²) in [7, 11) is 0. The smallest absolute Gasteiger partial charge is 0.433 e. The van der Waals surface area contributed by atoms with Gasteiger partial charge in [-0.05, 0) is 25.7 Å². The maximum Gasteiger partial charge on any atom is 0.433 e. The molecule has 1 aliphatic rings. The number of aromatic nitrogens is 2. The van der Waals surface area contributed by atoms with Crippen molar-refractivity contribution in [3.05, 3.63) is 11.8 Å². The predicted octanol–water partition coefficient (Wildman–Crippen LogP) is 2.88. The molecule has 1 aromatic heterocycles. The van der Waals surface area contributed by atoms with Crippen molar-refractivity contribution in [3.63, 3.8) is 0 Å². The Morgan fingerprint density at radius 1 is 1.15 bits per heavy atom. The van der Waals surface area contributed by atoms with E-state index in [2.05, 4.69) is 9.97 Å². The molecule has 1 aromatic rings. The van der Waals surface area contributed by atoms with E-state index in [0.717, 1.165) is 44.6 Å². The third-order valence-electron chi connectivity index (χ3n) is 3.21. The van der Waals surface area contributed by atoms with Crippen LogP contribution in [0.3, 0.4) is 0 Å².